The van der Waals surface area contributed by atoms with Gasteiger partial charge >= 0.3 is 6.03 Å². The fourth-order valence-electron chi connectivity index (χ4n) is 2.75. The number of carbonyl (C=O) groups is 1. The summed E-state index contributed by atoms with van der Waals surface area (Å²) in [4.78, 5) is 16.4. The Labute approximate surface area is 162 Å². The zero-order chi connectivity index (χ0) is 18.5. The van der Waals surface area contributed by atoms with Crippen LogP contribution in [0.2, 0.25) is 10.0 Å². The highest BCUT2D eigenvalue weighted by atomic mass is 35.5. The van der Waals surface area contributed by atoms with E-state index in [0.29, 0.717) is 16.6 Å². The second kappa shape index (κ2) is 8.43. The first-order chi connectivity index (χ1) is 12.5. The van der Waals surface area contributed by atoms with Crippen LogP contribution in [0, 0.1) is 0 Å². The molecule has 2 aromatic carbocycles. The zero-order valence-corrected chi connectivity index (χ0v) is 15.9. The van der Waals surface area contributed by atoms with Crippen molar-refractivity contribution in [2.45, 2.75) is 25.9 Å². The van der Waals surface area contributed by atoms with Gasteiger partial charge in [0.1, 0.15) is 0 Å². The molecule has 136 valence electrons. The van der Waals surface area contributed by atoms with E-state index >= 15 is 0 Å². The van der Waals surface area contributed by atoms with E-state index in [-0.39, 0.29) is 12.1 Å². The second-order valence-electron chi connectivity index (χ2n) is 6.08. The molecule has 0 spiro atoms. The number of hydrogen-bond donors (Lipinski definition) is 2. The third-order valence-electron chi connectivity index (χ3n) is 4.18. The average molecular weight is 391 g/mol. The fraction of sp³-hybridized carbons (Fsp3) is 0.263. The quantitative estimate of drug-likeness (QED) is 0.594. The average Bonchev–Trinajstić information content (AvgIpc) is 3.04. The molecule has 5 nitrogen and oxygen atoms in total. The summed E-state index contributed by atoms with van der Waals surface area (Å²) in [6, 6.07) is 13.0. The summed E-state index contributed by atoms with van der Waals surface area (Å²) in [5.74, 6) is 0. The summed E-state index contributed by atoms with van der Waals surface area (Å²) >= 11 is 11.9. The van der Waals surface area contributed by atoms with E-state index in [1.807, 2.05) is 43.6 Å². The summed E-state index contributed by atoms with van der Waals surface area (Å²) in [5.41, 5.74) is 2.98. The number of aromatic nitrogens is 2. The standard InChI is InChI=1S/C19H20Cl2N4O/c1-13(14-7-8-15(20)16(21)11-14)24-19(26)22-9-4-10-25-12-23-17-5-2-3-6-18(17)25/h2-3,5-8,11-13H,4,9-10H2,1H3,(H2,22,24,26). The molecule has 3 aromatic rings. The normalized spacial score (nSPS) is 12.1. The number of halogens is 2. The van der Waals surface area contributed by atoms with E-state index in [2.05, 4.69) is 20.2 Å². The molecule has 7 heteroatoms. The Bertz CT molecular complexity index is 909. The summed E-state index contributed by atoms with van der Waals surface area (Å²) < 4.78 is 2.09. The third-order valence-corrected chi connectivity index (χ3v) is 4.92. The Morgan fingerprint density at radius 3 is 2.81 bits per heavy atom. The van der Waals surface area contributed by atoms with Crippen LogP contribution in [0.5, 0.6) is 0 Å². The van der Waals surface area contributed by atoms with Crippen LogP contribution in [0.4, 0.5) is 4.79 Å². The minimum atomic E-state index is -0.209. The maximum Gasteiger partial charge on any atom is 0.315 e. The van der Waals surface area contributed by atoms with Crippen molar-refractivity contribution in [2.75, 3.05) is 6.54 Å². The molecule has 1 atom stereocenters. The number of hydrogen-bond acceptors (Lipinski definition) is 2. The van der Waals surface area contributed by atoms with E-state index < -0.39 is 0 Å². The number of rotatable bonds is 6. The molecule has 0 saturated carbocycles. The van der Waals surface area contributed by atoms with E-state index in [1.165, 1.54) is 0 Å². The number of nitrogens with zero attached hydrogens (tertiary/aromatic N) is 2. The highest BCUT2D eigenvalue weighted by Gasteiger charge is 2.10. The molecule has 0 aliphatic heterocycles. The maximum atomic E-state index is 12.1. The predicted octanol–water partition coefficient (Wildman–Crippen LogP) is 4.79. The van der Waals surface area contributed by atoms with Crippen molar-refractivity contribution in [3.05, 3.63) is 64.4 Å². The molecule has 2 amide bonds. The van der Waals surface area contributed by atoms with Gasteiger partial charge in [0, 0.05) is 13.1 Å². The van der Waals surface area contributed by atoms with Gasteiger partial charge in [-0.25, -0.2) is 9.78 Å². The lowest BCUT2D eigenvalue weighted by Crippen LogP contribution is -2.37. The molecule has 26 heavy (non-hydrogen) atoms. The summed E-state index contributed by atoms with van der Waals surface area (Å²) in [6.45, 7) is 3.27. The molecule has 0 saturated heterocycles. The predicted molar refractivity (Wildman–Crippen MR) is 106 cm³/mol. The Kier molecular flexibility index (Phi) is 6.01. The van der Waals surface area contributed by atoms with Crippen molar-refractivity contribution in [3.63, 3.8) is 0 Å². The van der Waals surface area contributed by atoms with Gasteiger partial charge in [-0.3, -0.25) is 0 Å². The summed E-state index contributed by atoms with van der Waals surface area (Å²) in [5, 5.41) is 6.75. The van der Waals surface area contributed by atoms with Crippen molar-refractivity contribution in [1.82, 2.24) is 20.2 Å². The lowest BCUT2D eigenvalue weighted by molar-refractivity contribution is 0.237. The maximum absolute atomic E-state index is 12.1. The number of para-hydroxylation sites is 2. The Balaban J connectivity index is 1.44. The SMILES string of the molecule is CC(NC(=O)NCCCn1cnc2ccccc21)c1ccc(Cl)c(Cl)c1. The molecule has 0 aliphatic carbocycles. The first-order valence-corrected chi connectivity index (χ1v) is 9.19. The number of carbonyl (C=O) groups excluding carboxylic acids is 1. The van der Waals surface area contributed by atoms with Gasteiger partial charge in [-0.05, 0) is 43.2 Å². The molecular weight excluding hydrogens is 371 g/mol. The first-order valence-electron chi connectivity index (χ1n) is 8.44. The Hall–Kier alpha value is -2.24. The third kappa shape index (κ3) is 4.48. The number of urea groups is 1. The van der Waals surface area contributed by atoms with E-state index in [9.17, 15) is 4.79 Å². The second-order valence-corrected chi connectivity index (χ2v) is 6.89. The van der Waals surface area contributed by atoms with Crippen molar-refractivity contribution < 1.29 is 4.79 Å². The summed E-state index contributed by atoms with van der Waals surface area (Å²) in [7, 11) is 0. The molecule has 3 rings (SSSR count). The minimum absolute atomic E-state index is 0.164. The van der Waals surface area contributed by atoms with Crippen LogP contribution in [-0.4, -0.2) is 22.1 Å². The molecule has 1 heterocycles. The zero-order valence-electron chi connectivity index (χ0n) is 14.4. The summed E-state index contributed by atoms with van der Waals surface area (Å²) in [6.07, 6.45) is 2.64. The highest BCUT2D eigenvalue weighted by molar-refractivity contribution is 6.42. The smallest absolute Gasteiger partial charge is 0.315 e. The van der Waals surface area contributed by atoms with Gasteiger partial charge in [-0.1, -0.05) is 41.4 Å². The van der Waals surface area contributed by atoms with Gasteiger partial charge in [-0.15, -0.1) is 0 Å². The number of benzene rings is 2. The molecular formula is C19H20Cl2N4O. The Morgan fingerprint density at radius 2 is 2.00 bits per heavy atom. The van der Waals surface area contributed by atoms with Crippen molar-refractivity contribution >= 4 is 40.3 Å². The van der Waals surface area contributed by atoms with Crippen molar-refractivity contribution in [1.29, 1.82) is 0 Å². The molecule has 0 bridgehead atoms. The molecule has 0 aliphatic rings. The Morgan fingerprint density at radius 1 is 1.19 bits per heavy atom. The topological polar surface area (TPSA) is 59.0 Å². The first kappa shape index (κ1) is 18.5. The number of aryl methyl sites for hydroxylation is 1. The lowest BCUT2D eigenvalue weighted by atomic mass is 10.1. The van der Waals surface area contributed by atoms with Crippen LogP contribution in [0.15, 0.2) is 48.8 Å². The number of nitrogens with one attached hydrogen (secondary N) is 2. The van der Waals surface area contributed by atoms with Gasteiger partial charge in [0.2, 0.25) is 0 Å². The number of imidazole rings is 1. The van der Waals surface area contributed by atoms with E-state index in [4.69, 9.17) is 23.2 Å². The van der Waals surface area contributed by atoms with Crippen LogP contribution >= 0.6 is 23.2 Å². The van der Waals surface area contributed by atoms with Crippen LogP contribution in [0.3, 0.4) is 0 Å². The lowest BCUT2D eigenvalue weighted by Gasteiger charge is -2.15. The van der Waals surface area contributed by atoms with Gasteiger partial charge in [-0.2, -0.15) is 0 Å². The fourth-order valence-corrected chi connectivity index (χ4v) is 3.06. The van der Waals surface area contributed by atoms with Crippen LogP contribution in [0.25, 0.3) is 11.0 Å². The molecule has 1 unspecified atom stereocenters. The number of amides is 2. The molecule has 0 radical (unpaired) electrons. The molecule has 2 N–H and O–H groups in total. The van der Waals surface area contributed by atoms with Crippen molar-refractivity contribution in [2.24, 2.45) is 0 Å². The van der Waals surface area contributed by atoms with Crippen LogP contribution in [0.1, 0.15) is 24.9 Å². The molecule has 1 aromatic heterocycles. The van der Waals surface area contributed by atoms with Crippen LogP contribution < -0.4 is 10.6 Å². The van der Waals surface area contributed by atoms with Gasteiger partial charge in [0.05, 0.1) is 33.4 Å². The monoisotopic (exact) mass is 390 g/mol. The van der Waals surface area contributed by atoms with Crippen molar-refractivity contribution in [3.8, 4) is 0 Å². The van der Waals surface area contributed by atoms with Gasteiger partial charge < -0.3 is 15.2 Å². The number of fused-ring (bicyclic) bond motifs is 1. The largest absolute Gasteiger partial charge is 0.338 e. The van der Waals surface area contributed by atoms with Gasteiger partial charge in [0.25, 0.3) is 0 Å². The van der Waals surface area contributed by atoms with E-state index in [0.717, 1.165) is 29.6 Å². The van der Waals surface area contributed by atoms with Gasteiger partial charge in [0.15, 0.2) is 0 Å². The minimum Gasteiger partial charge on any atom is -0.338 e. The van der Waals surface area contributed by atoms with E-state index in [1.54, 1.807) is 12.1 Å². The van der Waals surface area contributed by atoms with Crippen LogP contribution in [-0.2, 0) is 6.54 Å². The molecule has 0 fully saturated rings. The highest BCUT2D eigenvalue weighted by Crippen LogP contribution is 2.25.